The number of rotatable bonds is 8. The van der Waals surface area contributed by atoms with Gasteiger partial charge in [0, 0.05) is 31.1 Å². The summed E-state index contributed by atoms with van der Waals surface area (Å²) < 4.78 is 5.50. The molecule has 1 fully saturated rings. The van der Waals surface area contributed by atoms with Gasteiger partial charge in [-0.25, -0.2) is 4.79 Å². The molecule has 0 spiro atoms. The minimum atomic E-state index is -1.03. The van der Waals surface area contributed by atoms with Crippen LogP contribution in [0.2, 0.25) is 0 Å². The maximum Gasteiger partial charge on any atom is 0.337 e. The molecule has 0 radical (unpaired) electrons. The summed E-state index contributed by atoms with van der Waals surface area (Å²) in [4.78, 5) is 11.4. The first-order valence-electron chi connectivity index (χ1n) is 7.35. The highest BCUT2D eigenvalue weighted by atomic mass is 16.5. The highest BCUT2D eigenvalue weighted by molar-refractivity contribution is 5.95. The Hall–Kier alpha value is -1.83. The summed E-state index contributed by atoms with van der Waals surface area (Å²) in [6, 6.07) is 4.92. The number of aromatic carboxylic acids is 1. The fourth-order valence-electron chi connectivity index (χ4n) is 2.31. The van der Waals surface area contributed by atoms with Gasteiger partial charge in [-0.3, -0.25) is 0 Å². The highest BCUT2D eigenvalue weighted by Crippen LogP contribution is 2.22. The van der Waals surface area contributed by atoms with Gasteiger partial charge in [0.1, 0.15) is 0 Å². The van der Waals surface area contributed by atoms with Crippen molar-refractivity contribution in [3.8, 4) is 0 Å². The van der Waals surface area contributed by atoms with E-state index in [1.165, 1.54) is 6.07 Å². The number of aliphatic hydroxyl groups excluding tert-OH is 2. The van der Waals surface area contributed by atoms with Gasteiger partial charge in [-0.1, -0.05) is 0 Å². The van der Waals surface area contributed by atoms with Gasteiger partial charge in [-0.2, -0.15) is 0 Å². The van der Waals surface area contributed by atoms with Crippen LogP contribution in [0.25, 0.3) is 0 Å². The van der Waals surface area contributed by atoms with E-state index in [-0.39, 0.29) is 24.8 Å². The summed E-state index contributed by atoms with van der Waals surface area (Å²) in [5, 5.41) is 33.4. The zero-order valence-corrected chi connectivity index (χ0v) is 12.3. The normalized spacial score (nSPS) is 18.9. The van der Waals surface area contributed by atoms with E-state index in [0.717, 1.165) is 19.4 Å². The summed E-state index contributed by atoms with van der Waals surface area (Å²) >= 11 is 0. The highest BCUT2D eigenvalue weighted by Gasteiger charge is 2.17. The van der Waals surface area contributed by atoms with Crippen LogP contribution < -0.4 is 10.6 Å². The number of hydrogen-bond acceptors (Lipinski definition) is 6. The van der Waals surface area contributed by atoms with Gasteiger partial charge in [0.15, 0.2) is 0 Å². The molecule has 122 valence electrons. The molecule has 1 saturated heterocycles. The van der Waals surface area contributed by atoms with Crippen LogP contribution in [0.4, 0.5) is 11.4 Å². The van der Waals surface area contributed by atoms with Gasteiger partial charge >= 0.3 is 5.97 Å². The Balaban J connectivity index is 2.01. The predicted octanol–water partition coefficient (Wildman–Crippen LogP) is 0.741. The number of carbonyl (C=O) groups is 1. The molecule has 0 bridgehead atoms. The molecular formula is C15H22N2O5. The predicted molar refractivity (Wildman–Crippen MR) is 82.4 cm³/mol. The number of hydrogen-bond donors (Lipinski definition) is 5. The molecule has 1 aliphatic heterocycles. The van der Waals surface area contributed by atoms with Gasteiger partial charge in [0.2, 0.25) is 0 Å². The number of anilines is 2. The Labute approximate surface area is 128 Å². The maximum absolute atomic E-state index is 11.4. The number of nitrogens with one attached hydrogen (secondary N) is 2. The van der Waals surface area contributed by atoms with E-state index >= 15 is 0 Å². The molecule has 2 atom stereocenters. The minimum Gasteiger partial charge on any atom is -0.478 e. The Bertz CT molecular complexity index is 503. The van der Waals surface area contributed by atoms with Crippen LogP contribution >= 0.6 is 0 Å². The summed E-state index contributed by atoms with van der Waals surface area (Å²) in [5.41, 5.74) is 1.27. The van der Waals surface area contributed by atoms with Crippen LogP contribution in [0.1, 0.15) is 23.2 Å². The second-order valence-corrected chi connectivity index (χ2v) is 5.30. The lowest BCUT2D eigenvalue weighted by atomic mass is 10.1. The number of carboxylic acid groups (broad SMARTS) is 1. The first-order chi connectivity index (χ1) is 10.6. The maximum atomic E-state index is 11.4. The van der Waals surface area contributed by atoms with Crippen LogP contribution in [0, 0.1) is 0 Å². The molecule has 0 saturated carbocycles. The molecule has 1 aliphatic rings. The number of ether oxygens (including phenoxy) is 1. The first kappa shape index (κ1) is 16.5. The molecule has 22 heavy (non-hydrogen) atoms. The third-order valence-electron chi connectivity index (χ3n) is 3.55. The lowest BCUT2D eigenvalue weighted by Gasteiger charge is -2.16. The Morgan fingerprint density at radius 3 is 2.86 bits per heavy atom. The van der Waals surface area contributed by atoms with Crippen LogP contribution in [0.3, 0.4) is 0 Å². The van der Waals surface area contributed by atoms with E-state index in [0.29, 0.717) is 17.9 Å². The molecule has 0 aliphatic carbocycles. The zero-order valence-electron chi connectivity index (χ0n) is 12.3. The summed E-state index contributed by atoms with van der Waals surface area (Å²) in [7, 11) is 0. The van der Waals surface area contributed by atoms with E-state index < -0.39 is 12.1 Å². The first-order valence-corrected chi connectivity index (χ1v) is 7.35. The minimum absolute atomic E-state index is 0.124. The van der Waals surface area contributed by atoms with E-state index in [4.69, 9.17) is 9.84 Å². The number of carboxylic acids is 1. The van der Waals surface area contributed by atoms with Crippen molar-refractivity contribution in [1.82, 2.24) is 0 Å². The Morgan fingerprint density at radius 2 is 2.23 bits per heavy atom. The molecular weight excluding hydrogens is 288 g/mol. The van der Waals surface area contributed by atoms with Crippen molar-refractivity contribution in [3.05, 3.63) is 23.8 Å². The fraction of sp³-hybridized carbons (Fsp3) is 0.533. The molecule has 0 aromatic heterocycles. The molecule has 1 aromatic rings. The second kappa shape index (κ2) is 7.98. The van der Waals surface area contributed by atoms with E-state index in [2.05, 4.69) is 10.6 Å². The zero-order chi connectivity index (χ0) is 15.9. The van der Waals surface area contributed by atoms with Crippen molar-refractivity contribution in [2.45, 2.75) is 25.0 Å². The lowest BCUT2D eigenvalue weighted by Crippen LogP contribution is -2.23. The van der Waals surface area contributed by atoms with E-state index in [1.807, 2.05) is 0 Å². The number of aliphatic hydroxyl groups is 2. The average molecular weight is 310 g/mol. The molecule has 7 nitrogen and oxygen atoms in total. The molecule has 1 aromatic carbocycles. The lowest BCUT2D eigenvalue weighted by molar-refractivity contribution is 0.0697. The Morgan fingerprint density at radius 1 is 1.41 bits per heavy atom. The summed E-state index contributed by atoms with van der Waals surface area (Å²) in [6.45, 7) is 1.14. The third kappa shape index (κ3) is 4.59. The van der Waals surface area contributed by atoms with Crippen molar-refractivity contribution >= 4 is 17.3 Å². The topological polar surface area (TPSA) is 111 Å². The van der Waals surface area contributed by atoms with Crippen molar-refractivity contribution in [3.63, 3.8) is 0 Å². The van der Waals surface area contributed by atoms with Gasteiger partial charge in [0.05, 0.1) is 24.4 Å². The van der Waals surface area contributed by atoms with Crippen molar-refractivity contribution in [1.29, 1.82) is 0 Å². The molecule has 2 rings (SSSR count). The van der Waals surface area contributed by atoms with Crippen molar-refractivity contribution in [2.24, 2.45) is 0 Å². The fourth-order valence-corrected chi connectivity index (χ4v) is 2.31. The summed E-state index contributed by atoms with van der Waals surface area (Å²) in [6.07, 6.45) is 1.26. The standard InChI is InChI=1S/C15H22N2O5/c18-9-11(19)7-16-10-3-4-14(13(6-10)15(20)21)17-8-12-2-1-5-22-12/h3-4,6,11-12,16-19H,1-2,5,7-9H2,(H,20,21). The van der Waals surface area contributed by atoms with Gasteiger partial charge in [0.25, 0.3) is 0 Å². The summed E-state index contributed by atoms with van der Waals surface area (Å²) in [5.74, 6) is -1.03. The molecule has 7 heteroatoms. The van der Waals surface area contributed by atoms with E-state index in [9.17, 15) is 15.0 Å². The average Bonchev–Trinajstić information content (AvgIpc) is 3.04. The van der Waals surface area contributed by atoms with Gasteiger partial charge < -0.3 is 30.7 Å². The quantitative estimate of drug-likeness (QED) is 0.481. The molecule has 0 amide bonds. The largest absolute Gasteiger partial charge is 0.478 e. The van der Waals surface area contributed by atoms with Crippen molar-refractivity contribution in [2.75, 3.05) is 36.9 Å². The second-order valence-electron chi connectivity index (χ2n) is 5.30. The van der Waals surface area contributed by atoms with Crippen molar-refractivity contribution < 1.29 is 24.9 Å². The SMILES string of the molecule is O=C(O)c1cc(NCC(O)CO)ccc1NCC1CCCO1. The Kier molecular flexibility index (Phi) is 6.00. The van der Waals surface area contributed by atoms with Crippen LogP contribution in [-0.4, -0.2) is 59.8 Å². The van der Waals surface area contributed by atoms with Crippen LogP contribution in [0.15, 0.2) is 18.2 Å². The molecule has 1 heterocycles. The monoisotopic (exact) mass is 310 g/mol. The van der Waals surface area contributed by atoms with E-state index in [1.54, 1.807) is 12.1 Å². The van der Waals surface area contributed by atoms with Crippen LogP contribution in [0.5, 0.6) is 0 Å². The van der Waals surface area contributed by atoms with Crippen LogP contribution in [-0.2, 0) is 4.74 Å². The smallest absolute Gasteiger partial charge is 0.337 e. The molecule has 5 N–H and O–H groups in total. The van der Waals surface area contributed by atoms with Gasteiger partial charge in [-0.05, 0) is 31.0 Å². The third-order valence-corrected chi connectivity index (χ3v) is 3.55. The van der Waals surface area contributed by atoms with Gasteiger partial charge in [-0.15, -0.1) is 0 Å². The molecule has 2 unspecified atom stereocenters. The number of benzene rings is 1.